The first-order valence-electron chi connectivity index (χ1n) is 10.1. The highest BCUT2D eigenvalue weighted by molar-refractivity contribution is 8.00. The minimum absolute atomic E-state index is 0.0398. The minimum atomic E-state index is -0.492. The number of nitrogens with zero attached hydrogens (tertiary/aromatic N) is 1. The van der Waals surface area contributed by atoms with E-state index >= 15 is 0 Å². The zero-order chi connectivity index (χ0) is 19.6. The van der Waals surface area contributed by atoms with Crippen molar-refractivity contribution in [2.75, 3.05) is 19.0 Å². The Bertz CT molecular complexity index is 586. The van der Waals surface area contributed by atoms with E-state index in [4.69, 9.17) is 11.3 Å². The molecule has 0 bridgehead atoms. The van der Waals surface area contributed by atoms with Gasteiger partial charge in [0.05, 0.1) is 30.5 Å². The lowest BCUT2D eigenvalue weighted by atomic mass is 9.93. The third-order valence-corrected chi connectivity index (χ3v) is 6.72. The zero-order valence-corrected chi connectivity index (χ0v) is 17.3. The number of benzene rings is 1. The third-order valence-electron chi connectivity index (χ3n) is 5.33. The Morgan fingerprint density at radius 1 is 1.26 bits per heavy atom. The average molecular weight is 392 g/mol. The minimum Gasteiger partial charge on any atom is -0.392 e. The Hall–Kier alpha value is -1.06. The van der Waals surface area contributed by atoms with Gasteiger partial charge >= 0.3 is 0 Å². The second-order valence-corrected chi connectivity index (χ2v) is 8.52. The van der Waals surface area contributed by atoms with E-state index in [1.165, 1.54) is 0 Å². The van der Waals surface area contributed by atoms with E-state index in [0.29, 0.717) is 19.6 Å². The van der Waals surface area contributed by atoms with Crippen LogP contribution in [0, 0.1) is 6.57 Å². The van der Waals surface area contributed by atoms with E-state index in [1.54, 1.807) is 11.8 Å². The van der Waals surface area contributed by atoms with Crippen LogP contribution in [0.2, 0.25) is 0 Å². The summed E-state index contributed by atoms with van der Waals surface area (Å²) in [6, 6.07) is 7.84. The number of hydrogen-bond donors (Lipinski definition) is 2. The number of thioether (sulfide) groups is 1. The molecule has 2 N–H and O–H groups in total. The molecule has 0 radical (unpaired) electrons. The largest absolute Gasteiger partial charge is 0.392 e. The first-order valence-corrected chi connectivity index (χ1v) is 11.2. The van der Waals surface area contributed by atoms with E-state index in [-0.39, 0.29) is 17.2 Å². The maximum Gasteiger partial charge on any atom is 0.238 e. The smallest absolute Gasteiger partial charge is 0.238 e. The van der Waals surface area contributed by atoms with Crippen molar-refractivity contribution in [2.24, 2.45) is 0 Å². The molecule has 1 saturated carbocycles. The molecule has 0 aliphatic heterocycles. The fourth-order valence-electron chi connectivity index (χ4n) is 3.82. The molecule has 1 aliphatic carbocycles. The molecule has 3 unspecified atom stereocenters. The van der Waals surface area contributed by atoms with E-state index < -0.39 is 12.2 Å². The molecular formula is C22H33NO3S. The van der Waals surface area contributed by atoms with Gasteiger partial charge in [0.15, 0.2) is 0 Å². The fourth-order valence-corrected chi connectivity index (χ4v) is 5.25. The van der Waals surface area contributed by atoms with Gasteiger partial charge in [-0.05, 0) is 24.5 Å². The number of aliphatic hydroxyl groups excluding tert-OH is 2. The normalized spacial score (nSPS) is 26.0. The molecule has 1 aromatic carbocycles. The van der Waals surface area contributed by atoms with Crippen LogP contribution >= 0.6 is 11.8 Å². The molecule has 0 heterocycles. The lowest BCUT2D eigenvalue weighted by molar-refractivity contribution is 0.161. The summed E-state index contributed by atoms with van der Waals surface area (Å²) >= 11 is 1.74. The number of rotatable bonds is 11. The molecule has 2 rings (SSSR count). The van der Waals surface area contributed by atoms with Gasteiger partial charge in [0, 0.05) is 18.3 Å². The number of unbranched alkanes of at least 4 members (excludes halogenated alkanes) is 2. The Balaban J connectivity index is 2.05. The van der Waals surface area contributed by atoms with Crippen molar-refractivity contribution < 1.29 is 14.9 Å². The molecule has 0 spiro atoms. The van der Waals surface area contributed by atoms with Crippen LogP contribution in [0.25, 0.3) is 4.85 Å². The lowest BCUT2D eigenvalue weighted by Gasteiger charge is -2.22. The van der Waals surface area contributed by atoms with Gasteiger partial charge in [-0.2, -0.15) is 0 Å². The molecule has 5 atom stereocenters. The zero-order valence-electron chi connectivity index (χ0n) is 16.5. The van der Waals surface area contributed by atoms with Gasteiger partial charge in [-0.15, -0.1) is 11.8 Å². The third kappa shape index (κ3) is 6.22. The first-order chi connectivity index (χ1) is 13.1. The van der Waals surface area contributed by atoms with Crippen molar-refractivity contribution in [3.63, 3.8) is 0 Å². The molecule has 5 heteroatoms. The van der Waals surface area contributed by atoms with Crippen LogP contribution in [0.4, 0.5) is 0 Å². The molecule has 0 saturated heterocycles. The van der Waals surface area contributed by atoms with Gasteiger partial charge in [-0.25, -0.2) is 6.57 Å². The van der Waals surface area contributed by atoms with E-state index in [1.807, 2.05) is 31.2 Å². The van der Waals surface area contributed by atoms with Gasteiger partial charge in [0.25, 0.3) is 0 Å². The summed E-state index contributed by atoms with van der Waals surface area (Å²) in [4.78, 5) is 3.77. The van der Waals surface area contributed by atoms with Crippen molar-refractivity contribution in [1.82, 2.24) is 0 Å². The van der Waals surface area contributed by atoms with Crippen LogP contribution in [-0.4, -0.2) is 46.6 Å². The molecule has 27 heavy (non-hydrogen) atoms. The van der Waals surface area contributed by atoms with Crippen molar-refractivity contribution in [3.05, 3.63) is 46.8 Å². The van der Waals surface area contributed by atoms with Gasteiger partial charge < -0.3 is 19.8 Å². The highest BCUT2D eigenvalue weighted by Crippen LogP contribution is 2.44. The van der Waals surface area contributed by atoms with Crippen LogP contribution in [0.1, 0.15) is 69.1 Å². The predicted octanol–water partition coefficient (Wildman–Crippen LogP) is 4.57. The lowest BCUT2D eigenvalue weighted by Crippen LogP contribution is -2.23. The second kappa shape index (κ2) is 11.7. The van der Waals surface area contributed by atoms with Gasteiger partial charge in [-0.1, -0.05) is 50.5 Å². The highest BCUT2D eigenvalue weighted by Gasteiger charge is 2.47. The van der Waals surface area contributed by atoms with E-state index in [9.17, 15) is 10.2 Å². The van der Waals surface area contributed by atoms with Crippen molar-refractivity contribution in [3.8, 4) is 0 Å². The summed E-state index contributed by atoms with van der Waals surface area (Å²) in [5, 5.41) is 21.0. The fraction of sp³-hybridized carbons (Fsp3) is 0.682. The molecule has 1 aliphatic rings. The van der Waals surface area contributed by atoms with Crippen LogP contribution < -0.4 is 0 Å². The number of hydrogen-bond acceptors (Lipinski definition) is 4. The molecule has 1 aromatic rings. The maximum absolute atomic E-state index is 10.6. The number of aliphatic hydroxyl groups is 2. The second-order valence-electron chi connectivity index (χ2n) is 7.24. The monoisotopic (exact) mass is 391 g/mol. The standard InChI is InChI=1S/C22H33NO3S/c1-4-6-7-8-19(24)16-9-11-17(12-10-16)21-20(25)15-18(23-3)22(21)27-14-13-26-5-2/h9-12,18-22,24-25H,4-8,13-15H2,1-2H3/t18-,19?,20-,21?,22?/m1/s1. The molecule has 0 amide bonds. The maximum atomic E-state index is 10.6. The van der Waals surface area contributed by atoms with Gasteiger partial charge in [0.1, 0.15) is 0 Å². The predicted molar refractivity (Wildman–Crippen MR) is 112 cm³/mol. The highest BCUT2D eigenvalue weighted by atomic mass is 32.2. The Kier molecular flexibility index (Phi) is 9.64. The Morgan fingerprint density at radius 2 is 2.00 bits per heavy atom. The van der Waals surface area contributed by atoms with Gasteiger partial charge in [0.2, 0.25) is 6.04 Å². The number of ether oxygens (including phenoxy) is 1. The van der Waals surface area contributed by atoms with Crippen molar-refractivity contribution >= 4 is 11.8 Å². The summed E-state index contributed by atoms with van der Waals surface area (Å²) in [5.74, 6) is 0.795. The van der Waals surface area contributed by atoms with Crippen LogP contribution in [0.3, 0.4) is 0 Å². The van der Waals surface area contributed by atoms with Crippen LogP contribution in [-0.2, 0) is 4.74 Å². The first kappa shape index (κ1) is 22.2. The summed E-state index contributed by atoms with van der Waals surface area (Å²) in [6.45, 7) is 13.0. The summed E-state index contributed by atoms with van der Waals surface area (Å²) in [5.41, 5.74) is 2.00. The van der Waals surface area contributed by atoms with Crippen molar-refractivity contribution in [1.29, 1.82) is 0 Å². The average Bonchev–Trinajstić information content (AvgIpc) is 3.00. The quantitative estimate of drug-likeness (QED) is 0.428. The summed E-state index contributed by atoms with van der Waals surface area (Å²) in [6.07, 6.45) is 3.72. The Labute approximate surface area is 168 Å². The van der Waals surface area contributed by atoms with Crippen LogP contribution in [0.15, 0.2) is 24.3 Å². The van der Waals surface area contributed by atoms with E-state index in [2.05, 4.69) is 11.8 Å². The van der Waals surface area contributed by atoms with Gasteiger partial charge in [-0.3, -0.25) is 0 Å². The summed E-state index contributed by atoms with van der Waals surface area (Å²) < 4.78 is 5.42. The topological polar surface area (TPSA) is 54.0 Å². The van der Waals surface area contributed by atoms with Crippen molar-refractivity contribution in [2.45, 2.75) is 75.4 Å². The summed E-state index contributed by atoms with van der Waals surface area (Å²) in [7, 11) is 0. The SMILES string of the molecule is [C-]#[N+][C@@H]1C[C@@H](O)C(c2ccc(C(O)CCCCC)cc2)C1SCCOCC. The Morgan fingerprint density at radius 3 is 2.63 bits per heavy atom. The molecule has 4 nitrogen and oxygen atoms in total. The molecule has 1 fully saturated rings. The molecule has 0 aromatic heterocycles. The van der Waals surface area contributed by atoms with Crippen LogP contribution in [0.5, 0.6) is 0 Å². The molecular weight excluding hydrogens is 358 g/mol. The molecule has 150 valence electrons. The van der Waals surface area contributed by atoms with E-state index in [0.717, 1.165) is 42.6 Å².